The van der Waals surface area contributed by atoms with Crippen molar-refractivity contribution in [2.45, 2.75) is 26.3 Å². The Balaban J connectivity index is 3.35. The Hall–Kier alpha value is -1.42. The van der Waals surface area contributed by atoms with E-state index in [1.165, 1.54) is 0 Å². The Morgan fingerprint density at radius 3 is 2.59 bits per heavy atom. The fourth-order valence-electron chi connectivity index (χ4n) is 1.66. The lowest BCUT2D eigenvalue weighted by molar-refractivity contribution is 0.100. The van der Waals surface area contributed by atoms with Gasteiger partial charge in [-0.1, -0.05) is 18.5 Å². The zero-order valence-corrected chi connectivity index (χ0v) is 11.1. The molecule has 17 heavy (non-hydrogen) atoms. The standard InChI is InChI=1S/C12H18ClN3O/c1-4-7(2)16(3)11-9(12(15)17)5-8(14)6-10(11)13/h5-7H,4,14H2,1-3H3,(H2,15,17). The molecule has 1 aromatic carbocycles. The molecule has 0 aromatic heterocycles. The van der Waals surface area contributed by atoms with Crippen molar-refractivity contribution in [2.24, 2.45) is 5.73 Å². The molecule has 1 atom stereocenters. The molecule has 1 amide bonds. The van der Waals surface area contributed by atoms with Gasteiger partial charge in [0.25, 0.3) is 5.91 Å². The van der Waals surface area contributed by atoms with Crippen LogP contribution >= 0.6 is 11.6 Å². The molecule has 1 unspecified atom stereocenters. The molecule has 4 N–H and O–H groups in total. The zero-order chi connectivity index (χ0) is 13.2. The van der Waals surface area contributed by atoms with E-state index in [2.05, 4.69) is 13.8 Å². The van der Waals surface area contributed by atoms with Crippen LogP contribution in [-0.2, 0) is 0 Å². The quantitative estimate of drug-likeness (QED) is 0.811. The maximum absolute atomic E-state index is 11.4. The average Bonchev–Trinajstić information content (AvgIpc) is 2.26. The molecule has 0 aliphatic carbocycles. The van der Waals surface area contributed by atoms with Gasteiger partial charge in [0.2, 0.25) is 0 Å². The number of hydrogen-bond acceptors (Lipinski definition) is 3. The first kappa shape index (κ1) is 13.6. The lowest BCUT2D eigenvalue weighted by Gasteiger charge is -2.28. The minimum Gasteiger partial charge on any atom is -0.399 e. The van der Waals surface area contributed by atoms with Crippen molar-refractivity contribution in [3.05, 3.63) is 22.7 Å². The van der Waals surface area contributed by atoms with Crippen molar-refractivity contribution >= 4 is 28.9 Å². The highest BCUT2D eigenvalue weighted by molar-refractivity contribution is 6.34. The van der Waals surface area contributed by atoms with Gasteiger partial charge < -0.3 is 16.4 Å². The van der Waals surface area contributed by atoms with Crippen LogP contribution in [0.5, 0.6) is 0 Å². The normalized spacial score (nSPS) is 12.2. The SMILES string of the molecule is CCC(C)N(C)c1c(Cl)cc(N)cc1C(N)=O. The van der Waals surface area contributed by atoms with Crippen LogP contribution in [-0.4, -0.2) is 19.0 Å². The van der Waals surface area contributed by atoms with E-state index in [4.69, 9.17) is 23.1 Å². The third-order valence-electron chi connectivity index (χ3n) is 2.96. The highest BCUT2D eigenvalue weighted by atomic mass is 35.5. The van der Waals surface area contributed by atoms with E-state index in [1.54, 1.807) is 12.1 Å². The van der Waals surface area contributed by atoms with Gasteiger partial charge in [0.1, 0.15) is 0 Å². The van der Waals surface area contributed by atoms with E-state index in [1.807, 2.05) is 11.9 Å². The number of nitrogen functional groups attached to an aromatic ring is 1. The average molecular weight is 256 g/mol. The summed E-state index contributed by atoms with van der Waals surface area (Å²) in [5.41, 5.74) is 12.5. The summed E-state index contributed by atoms with van der Waals surface area (Å²) in [6.07, 6.45) is 0.940. The molecule has 94 valence electrons. The third kappa shape index (κ3) is 2.82. The van der Waals surface area contributed by atoms with Crippen LogP contribution in [0.25, 0.3) is 0 Å². The molecule has 0 bridgehead atoms. The first-order valence-corrected chi connectivity index (χ1v) is 5.87. The Bertz CT molecular complexity index is 434. The van der Waals surface area contributed by atoms with Gasteiger partial charge in [-0.05, 0) is 25.5 Å². The first-order valence-electron chi connectivity index (χ1n) is 5.50. The van der Waals surface area contributed by atoms with Gasteiger partial charge >= 0.3 is 0 Å². The van der Waals surface area contributed by atoms with Crippen LogP contribution in [0.3, 0.4) is 0 Å². The van der Waals surface area contributed by atoms with E-state index in [-0.39, 0.29) is 6.04 Å². The number of halogens is 1. The zero-order valence-electron chi connectivity index (χ0n) is 10.3. The van der Waals surface area contributed by atoms with E-state index in [9.17, 15) is 4.79 Å². The summed E-state index contributed by atoms with van der Waals surface area (Å²) in [5.74, 6) is -0.524. The molecule has 0 heterocycles. The smallest absolute Gasteiger partial charge is 0.250 e. The van der Waals surface area contributed by atoms with Gasteiger partial charge in [-0.2, -0.15) is 0 Å². The largest absolute Gasteiger partial charge is 0.399 e. The second-order valence-corrected chi connectivity index (χ2v) is 4.54. The molecule has 4 nitrogen and oxygen atoms in total. The van der Waals surface area contributed by atoms with Crippen LogP contribution in [0.4, 0.5) is 11.4 Å². The summed E-state index contributed by atoms with van der Waals surface area (Å²) >= 11 is 6.15. The molecule has 0 saturated heterocycles. The number of hydrogen-bond donors (Lipinski definition) is 2. The Morgan fingerprint density at radius 1 is 1.53 bits per heavy atom. The highest BCUT2D eigenvalue weighted by Crippen LogP contribution is 2.33. The van der Waals surface area contributed by atoms with Gasteiger partial charge in [-0.15, -0.1) is 0 Å². The summed E-state index contributed by atoms with van der Waals surface area (Å²) in [6.45, 7) is 4.12. The minimum absolute atomic E-state index is 0.259. The van der Waals surface area contributed by atoms with Crippen LogP contribution in [0.1, 0.15) is 30.6 Å². The summed E-state index contributed by atoms with van der Waals surface area (Å²) in [4.78, 5) is 13.4. The number of rotatable bonds is 4. The van der Waals surface area contributed by atoms with Gasteiger partial charge in [0.15, 0.2) is 0 Å². The van der Waals surface area contributed by atoms with E-state index >= 15 is 0 Å². The molecule has 0 aliphatic rings. The Labute approximate surface area is 107 Å². The van der Waals surface area contributed by atoms with E-state index in [0.29, 0.717) is 22.0 Å². The molecular weight excluding hydrogens is 238 g/mol. The number of nitrogens with two attached hydrogens (primary N) is 2. The summed E-state index contributed by atoms with van der Waals surface area (Å²) in [5, 5.41) is 0.446. The van der Waals surface area contributed by atoms with Crippen LogP contribution in [0.2, 0.25) is 5.02 Å². The van der Waals surface area contributed by atoms with Gasteiger partial charge in [0, 0.05) is 18.8 Å². The van der Waals surface area contributed by atoms with Crippen molar-refractivity contribution in [1.82, 2.24) is 0 Å². The number of nitrogens with zero attached hydrogens (tertiary/aromatic N) is 1. The number of primary amides is 1. The van der Waals surface area contributed by atoms with Crippen LogP contribution < -0.4 is 16.4 Å². The highest BCUT2D eigenvalue weighted by Gasteiger charge is 2.19. The predicted molar refractivity (Wildman–Crippen MR) is 72.5 cm³/mol. The van der Waals surface area contributed by atoms with Gasteiger partial charge in [-0.25, -0.2) is 0 Å². The number of anilines is 2. The molecule has 0 radical (unpaired) electrons. The van der Waals surface area contributed by atoms with Crippen molar-refractivity contribution < 1.29 is 4.79 Å². The molecular formula is C12H18ClN3O. The van der Waals surface area contributed by atoms with Crippen molar-refractivity contribution in [3.63, 3.8) is 0 Å². The fraction of sp³-hybridized carbons (Fsp3) is 0.417. The molecule has 0 aliphatic heterocycles. The van der Waals surface area contributed by atoms with E-state index < -0.39 is 5.91 Å². The van der Waals surface area contributed by atoms with Crippen molar-refractivity contribution in [2.75, 3.05) is 17.7 Å². The van der Waals surface area contributed by atoms with Crippen LogP contribution in [0.15, 0.2) is 12.1 Å². The second kappa shape index (κ2) is 5.27. The lowest BCUT2D eigenvalue weighted by atomic mass is 10.1. The number of benzene rings is 1. The molecule has 1 rings (SSSR count). The van der Waals surface area contributed by atoms with Crippen LogP contribution in [0, 0.1) is 0 Å². The van der Waals surface area contributed by atoms with Gasteiger partial charge in [-0.3, -0.25) is 4.79 Å². The minimum atomic E-state index is -0.524. The van der Waals surface area contributed by atoms with Gasteiger partial charge in [0.05, 0.1) is 16.3 Å². The molecule has 0 saturated carbocycles. The molecule has 0 fully saturated rings. The Morgan fingerprint density at radius 2 is 2.12 bits per heavy atom. The third-order valence-corrected chi connectivity index (χ3v) is 3.24. The summed E-state index contributed by atoms with van der Waals surface area (Å²) in [7, 11) is 1.89. The molecule has 0 spiro atoms. The van der Waals surface area contributed by atoms with E-state index in [0.717, 1.165) is 6.42 Å². The monoisotopic (exact) mass is 255 g/mol. The predicted octanol–water partition coefficient (Wildman–Crippen LogP) is 2.26. The lowest BCUT2D eigenvalue weighted by Crippen LogP contribution is -2.30. The number of carbonyl (C=O) groups is 1. The Kier molecular flexibility index (Phi) is 4.23. The van der Waals surface area contributed by atoms with Crippen molar-refractivity contribution in [1.29, 1.82) is 0 Å². The summed E-state index contributed by atoms with van der Waals surface area (Å²) < 4.78 is 0. The second-order valence-electron chi connectivity index (χ2n) is 4.13. The first-order chi connectivity index (χ1) is 7.88. The van der Waals surface area contributed by atoms with Crippen molar-refractivity contribution in [3.8, 4) is 0 Å². The number of carbonyl (C=O) groups excluding carboxylic acids is 1. The molecule has 5 heteroatoms. The maximum atomic E-state index is 11.4. The topological polar surface area (TPSA) is 72.3 Å². The fourth-order valence-corrected chi connectivity index (χ4v) is 2.02. The molecule has 1 aromatic rings. The summed E-state index contributed by atoms with van der Waals surface area (Å²) in [6, 6.07) is 3.44. The maximum Gasteiger partial charge on any atom is 0.250 e. The number of amides is 1.